The fourth-order valence-corrected chi connectivity index (χ4v) is 3.40. The van der Waals surface area contributed by atoms with Crippen LogP contribution in [-0.4, -0.2) is 20.6 Å². The van der Waals surface area contributed by atoms with E-state index in [0.29, 0.717) is 6.04 Å². The van der Waals surface area contributed by atoms with Crippen LogP contribution in [0.25, 0.3) is 0 Å². The van der Waals surface area contributed by atoms with Crippen LogP contribution in [0.5, 0.6) is 0 Å². The summed E-state index contributed by atoms with van der Waals surface area (Å²) < 4.78 is 2.09. The van der Waals surface area contributed by atoms with Crippen LogP contribution in [0.1, 0.15) is 47.1 Å². The number of thiazole rings is 1. The molecule has 102 valence electrons. The van der Waals surface area contributed by atoms with Crippen LogP contribution in [0.15, 0.2) is 12.5 Å². The van der Waals surface area contributed by atoms with Crippen LogP contribution >= 0.6 is 11.3 Å². The summed E-state index contributed by atoms with van der Waals surface area (Å²) in [4.78, 5) is 10.4. The summed E-state index contributed by atoms with van der Waals surface area (Å²) in [7, 11) is 2.05. The second-order valence-corrected chi connectivity index (χ2v) is 6.45. The van der Waals surface area contributed by atoms with E-state index in [2.05, 4.69) is 28.7 Å². The summed E-state index contributed by atoms with van der Waals surface area (Å²) >= 11 is 1.81. The third kappa shape index (κ3) is 2.58. The van der Waals surface area contributed by atoms with E-state index in [1.807, 2.05) is 30.9 Å². The molecule has 1 fully saturated rings. The van der Waals surface area contributed by atoms with Gasteiger partial charge in [-0.2, -0.15) is 0 Å². The Morgan fingerprint density at radius 3 is 2.84 bits per heavy atom. The second-order valence-electron chi connectivity index (χ2n) is 5.21. The number of imidazole rings is 1. The van der Waals surface area contributed by atoms with Gasteiger partial charge >= 0.3 is 0 Å². The number of aryl methyl sites for hydroxylation is 3. The van der Waals surface area contributed by atoms with E-state index in [0.717, 1.165) is 6.42 Å². The quantitative estimate of drug-likeness (QED) is 0.913. The average Bonchev–Trinajstić information content (AvgIpc) is 3.00. The standard InChI is InChI=1S/C14H20N4S/c1-4-11-9(2)19-14(17-11)13(16-10-5-6-10)12-7-15-8-18(12)3/h7-8,10,13,16H,4-6H2,1-3H3. The Morgan fingerprint density at radius 1 is 1.53 bits per heavy atom. The lowest BCUT2D eigenvalue weighted by atomic mass is 10.2. The molecule has 1 aliphatic rings. The maximum Gasteiger partial charge on any atom is 0.116 e. The van der Waals surface area contributed by atoms with E-state index in [-0.39, 0.29) is 6.04 Å². The minimum Gasteiger partial charge on any atom is -0.336 e. The van der Waals surface area contributed by atoms with Gasteiger partial charge in [-0.05, 0) is 26.2 Å². The SMILES string of the molecule is CCc1nc(C(NC2CC2)c2cncn2C)sc1C. The fraction of sp³-hybridized carbons (Fsp3) is 0.571. The van der Waals surface area contributed by atoms with Crippen LogP contribution in [-0.2, 0) is 13.5 Å². The highest BCUT2D eigenvalue weighted by Crippen LogP contribution is 2.31. The number of aromatic nitrogens is 3. The van der Waals surface area contributed by atoms with Crippen LogP contribution in [0, 0.1) is 6.92 Å². The molecule has 3 rings (SSSR count). The number of hydrogen-bond donors (Lipinski definition) is 1. The summed E-state index contributed by atoms with van der Waals surface area (Å²) in [6.07, 6.45) is 7.36. The first-order valence-electron chi connectivity index (χ1n) is 6.87. The Balaban J connectivity index is 1.95. The van der Waals surface area contributed by atoms with Gasteiger partial charge in [-0.15, -0.1) is 11.3 Å². The van der Waals surface area contributed by atoms with Crippen LogP contribution in [0.2, 0.25) is 0 Å². The van der Waals surface area contributed by atoms with E-state index in [4.69, 9.17) is 4.98 Å². The summed E-state index contributed by atoms with van der Waals surface area (Å²) in [5.41, 5.74) is 2.42. The lowest BCUT2D eigenvalue weighted by molar-refractivity contribution is 0.566. The molecular weight excluding hydrogens is 256 g/mol. The molecule has 0 aromatic carbocycles. The summed E-state index contributed by atoms with van der Waals surface area (Å²) in [6.45, 7) is 4.33. The summed E-state index contributed by atoms with van der Waals surface area (Å²) in [6, 6.07) is 0.832. The van der Waals surface area contributed by atoms with Gasteiger partial charge in [0, 0.05) is 18.0 Å². The number of nitrogens with one attached hydrogen (secondary N) is 1. The molecule has 2 heterocycles. The molecule has 4 nitrogen and oxygen atoms in total. The maximum atomic E-state index is 4.82. The smallest absolute Gasteiger partial charge is 0.116 e. The minimum atomic E-state index is 0.184. The monoisotopic (exact) mass is 276 g/mol. The van der Waals surface area contributed by atoms with E-state index >= 15 is 0 Å². The highest BCUT2D eigenvalue weighted by Gasteiger charge is 2.29. The zero-order valence-corrected chi connectivity index (χ0v) is 12.5. The number of nitrogens with zero attached hydrogens (tertiary/aromatic N) is 3. The first-order chi connectivity index (χ1) is 9.19. The molecule has 0 spiro atoms. The molecule has 0 radical (unpaired) electrons. The van der Waals surface area contributed by atoms with E-state index < -0.39 is 0 Å². The van der Waals surface area contributed by atoms with E-state index in [1.54, 1.807) is 0 Å². The predicted octanol–water partition coefficient (Wildman–Crippen LogP) is 2.59. The molecule has 5 heteroatoms. The van der Waals surface area contributed by atoms with Crippen molar-refractivity contribution in [2.24, 2.45) is 7.05 Å². The summed E-state index contributed by atoms with van der Waals surface area (Å²) in [5, 5.41) is 4.87. The predicted molar refractivity (Wildman–Crippen MR) is 77.4 cm³/mol. The normalized spacial score (nSPS) is 16.8. The van der Waals surface area contributed by atoms with Crippen molar-refractivity contribution in [2.75, 3.05) is 0 Å². The second kappa shape index (κ2) is 5.06. The van der Waals surface area contributed by atoms with Gasteiger partial charge < -0.3 is 9.88 Å². The fourth-order valence-electron chi connectivity index (χ4n) is 2.32. The molecule has 0 saturated heterocycles. The van der Waals surface area contributed by atoms with Crippen molar-refractivity contribution in [1.29, 1.82) is 0 Å². The first kappa shape index (κ1) is 12.8. The van der Waals surface area contributed by atoms with Crippen molar-refractivity contribution < 1.29 is 0 Å². The molecule has 1 aliphatic carbocycles. The third-order valence-corrected chi connectivity index (χ3v) is 4.70. The van der Waals surface area contributed by atoms with Gasteiger partial charge in [-0.25, -0.2) is 9.97 Å². The molecule has 0 aliphatic heterocycles. The number of rotatable bonds is 5. The molecule has 2 aromatic heterocycles. The van der Waals surface area contributed by atoms with Gasteiger partial charge in [0.1, 0.15) is 11.0 Å². The van der Waals surface area contributed by atoms with E-state index in [9.17, 15) is 0 Å². The van der Waals surface area contributed by atoms with Crippen LogP contribution < -0.4 is 5.32 Å². The lowest BCUT2D eigenvalue weighted by Gasteiger charge is -2.16. The molecule has 19 heavy (non-hydrogen) atoms. The highest BCUT2D eigenvalue weighted by atomic mass is 32.1. The Kier molecular flexibility index (Phi) is 3.41. The Hall–Kier alpha value is -1.20. The van der Waals surface area contributed by atoms with Gasteiger partial charge in [0.2, 0.25) is 0 Å². The Morgan fingerprint density at radius 2 is 2.32 bits per heavy atom. The van der Waals surface area contributed by atoms with E-state index in [1.165, 1.54) is 34.1 Å². The Bertz CT molecular complexity index is 568. The Labute approximate surface area is 117 Å². The molecule has 1 atom stereocenters. The van der Waals surface area contributed by atoms with Gasteiger partial charge in [-0.3, -0.25) is 0 Å². The van der Waals surface area contributed by atoms with Crippen molar-refractivity contribution in [2.45, 2.75) is 45.2 Å². The van der Waals surface area contributed by atoms with Crippen molar-refractivity contribution in [1.82, 2.24) is 19.9 Å². The minimum absolute atomic E-state index is 0.184. The molecule has 1 unspecified atom stereocenters. The third-order valence-electron chi connectivity index (χ3n) is 3.62. The largest absolute Gasteiger partial charge is 0.336 e. The van der Waals surface area contributed by atoms with Gasteiger partial charge in [0.25, 0.3) is 0 Å². The van der Waals surface area contributed by atoms with Gasteiger partial charge in [0.15, 0.2) is 0 Å². The van der Waals surface area contributed by atoms with Crippen LogP contribution in [0.3, 0.4) is 0 Å². The molecule has 1 saturated carbocycles. The average molecular weight is 276 g/mol. The maximum absolute atomic E-state index is 4.82. The van der Waals surface area contributed by atoms with Crippen molar-refractivity contribution >= 4 is 11.3 Å². The zero-order chi connectivity index (χ0) is 13.4. The van der Waals surface area contributed by atoms with Crippen LogP contribution in [0.4, 0.5) is 0 Å². The lowest BCUT2D eigenvalue weighted by Crippen LogP contribution is -2.26. The van der Waals surface area contributed by atoms with Crippen molar-refractivity contribution in [3.05, 3.63) is 33.8 Å². The topological polar surface area (TPSA) is 42.7 Å². The molecular formula is C14H20N4S. The van der Waals surface area contributed by atoms with Gasteiger partial charge in [0.05, 0.1) is 23.9 Å². The molecule has 0 bridgehead atoms. The molecule has 0 amide bonds. The zero-order valence-electron chi connectivity index (χ0n) is 11.7. The highest BCUT2D eigenvalue weighted by molar-refractivity contribution is 7.11. The molecule has 2 aromatic rings. The van der Waals surface area contributed by atoms with Crippen molar-refractivity contribution in [3.8, 4) is 0 Å². The van der Waals surface area contributed by atoms with Gasteiger partial charge in [-0.1, -0.05) is 6.92 Å². The molecule has 1 N–H and O–H groups in total. The first-order valence-corrected chi connectivity index (χ1v) is 7.69. The number of hydrogen-bond acceptors (Lipinski definition) is 4. The van der Waals surface area contributed by atoms with Crippen molar-refractivity contribution in [3.63, 3.8) is 0 Å². The summed E-state index contributed by atoms with van der Waals surface area (Å²) in [5.74, 6) is 0.